The molecule has 1 aliphatic carbocycles. The molecule has 0 saturated heterocycles. The van der Waals surface area contributed by atoms with Crippen molar-refractivity contribution in [1.29, 1.82) is 0 Å². The Hall–Kier alpha value is -0.260. The quantitative estimate of drug-likeness (QED) is 0.297. The Morgan fingerprint density at radius 1 is 1.05 bits per heavy atom. The molecule has 112 valence electrons. The zero-order chi connectivity index (χ0) is 14.0. The summed E-state index contributed by atoms with van der Waals surface area (Å²) in [5.41, 5.74) is 0.554. The van der Waals surface area contributed by atoms with Gasteiger partial charge in [-0.15, -0.1) is 0 Å². The average Bonchev–Trinajstić information content (AvgIpc) is 2.93. The molecule has 0 amide bonds. The van der Waals surface area contributed by atoms with Crippen LogP contribution in [0.3, 0.4) is 0 Å². The van der Waals surface area contributed by atoms with Crippen LogP contribution in [0.2, 0.25) is 0 Å². The van der Waals surface area contributed by atoms with Crippen molar-refractivity contribution < 1.29 is 0 Å². The highest BCUT2D eigenvalue weighted by Crippen LogP contribution is 2.32. The summed E-state index contributed by atoms with van der Waals surface area (Å²) in [7, 11) is 0. The summed E-state index contributed by atoms with van der Waals surface area (Å²) in [6.45, 7) is 7.12. The zero-order valence-corrected chi connectivity index (χ0v) is 13.7. The third-order valence-corrected chi connectivity index (χ3v) is 5.22. The Morgan fingerprint density at radius 2 is 1.79 bits per heavy atom. The van der Waals surface area contributed by atoms with Gasteiger partial charge in [-0.3, -0.25) is 0 Å². The van der Waals surface area contributed by atoms with Gasteiger partial charge in [-0.1, -0.05) is 84.3 Å². The fraction of sp³-hybridized carbons (Fsp3) is 0.895. The molecule has 0 radical (unpaired) electrons. The Morgan fingerprint density at radius 3 is 2.42 bits per heavy atom. The molecule has 1 saturated carbocycles. The summed E-state index contributed by atoms with van der Waals surface area (Å²) < 4.78 is 0. The lowest BCUT2D eigenvalue weighted by atomic mass is 9.79. The van der Waals surface area contributed by atoms with Crippen molar-refractivity contribution in [3.05, 3.63) is 12.2 Å². The molecule has 19 heavy (non-hydrogen) atoms. The van der Waals surface area contributed by atoms with Crippen molar-refractivity contribution >= 4 is 0 Å². The van der Waals surface area contributed by atoms with E-state index in [9.17, 15) is 0 Å². The van der Waals surface area contributed by atoms with Gasteiger partial charge in [-0.2, -0.15) is 0 Å². The predicted octanol–water partition coefficient (Wildman–Crippen LogP) is 6.90. The first kappa shape index (κ1) is 16.8. The molecule has 1 rings (SSSR count). The van der Waals surface area contributed by atoms with Gasteiger partial charge in [0.2, 0.25) is 0 Å². The SMILES string of the molecule is CCCCC(C)(CC)C/C=C\CCCC1CCCC1. The smallest absolute Gasteiger partial charge is 0.0294 e. The average molecular weight is 264 g/mol. The molecule has 0 aromatic rings. The maximum atomic E-state index is 2.47. The number of rotatable bonds is 10. The Bertz CT molecular complexity index is 234. The molecule has 0 aliphatic heterocycles. The summed E-state index contributed by atoms with van der Waals surface area (Å²) in [6, 6.07) is 0. The molecule has 0 nitrogen and oxygen atoms in total. The molecule has 1 aliphatic rings. The van der Waals surface area contributed by atoms with Gasteiger partial charge in [0.1, 0.15) is 0 Å². The molecule has 1 atom stereocenters. The zero-order valence-electron chi connectivity index (χ0n) is 13.7. The lowest BCUT2D eigenvalue weighted by molar-refractivity contribution is 0.279. The van der Waals surface area contributed by atoms with E-state index in [-0.39, 0.29) is 0 Å². The van der Waals surface area contributed by atoms with E-state index in [0.717, 1.165) is 5.92 Å². The van der Waals surface area contributed by atoms with Gasteiger partial charge < -0.3 is 0 Å². The van der Waals surface area contributed by atoms with Crippen molar-refractivity contribution in [1.82, 2.24) is 0 Å². The van der Waals surface area contributed by atoms with Gasteiger partial charge >= 0.3 is 0 Å². The van der Waals surface area contributed by atoms with Crippen molar-refractivity contribution in [2.45, 2.75) is 97.8 Å². The largest absolute Gasteiger partial charge is 0.0885 e. The Kier molecular flexibility index (Phi) is 8.50. The van der Waals surface area contributed by atoms with Crippen LogP contribution in [0.25, 0.3) is 0 Å². The Balaban J connectivity index is 2.09. The van der Waals surface area contributed by atoms with Crippen LogP contribution in [0.5, 0.6) is 0 Å². The van der Waals surface area contributed by atoms with E-state index in [1.807, 2.05) is 0 Å². The minimum absolute atomic E-state index is 0.554. The second kappa shape index (κ2) is 9.61. The van der Waals surface area contributed by atoms with Gasteiger partial charge in [0, 0.05) is 0 Å². The Labute approximate surface area is 122 Å². The molecule has 0 heterocycles. The van der Waals surface area contributed by atoms with Crippen molar-refractivity contribution in [2.24, 2.45) is 11.3 Å². The summed E-state index contributed by atoms with van der Waals surface area (Å²) in [6.07, 6.45) is 21.8. The molecule has 0 bridgehead atoms. The van der Waals surface area contributed by atoms with E-state index >= 15 is 0 Å². The summed E-state index contributed by atoms with van der Waals surface area (Å²) in [4.78, 5) is 0. The third-order valence-electron chi connectivity index (χ3n) is 5.22. The maximum absolute atomic E-state index is 2.47. The van der Waals surface area contributed by atoms with Crippen LogP contribution in [-0.2, 0) is 0 Å². The number of hydrogen-bond donors (Lipinski definition) is 0. The third kappa shape index (κ3) is 7.18. The van der Waals surface area contributed by atoms with Gasteiger partial charge in [0.15, 0.2) is 0 Å². The highest BCUT2D eigenvalue weighted by molar-refractivity contribution is 4.89. The first-order chi connectivity index (χ1) is 9.20. The van der Waals surface area contributed by atoms with E-state index < -0.39 is 0 Å². The summed E-state index contributed by atoms with van der Waals surface area (Å²) in [5, 5.41) is 0. The van der Waals surface area contributed by atoms with E-state index in [0.29, 0.717) is 5.41 Å². The van der Waals surface area contributed by atoms with Crippen LogP contribution in [0, 0.1) is 11.3 Å². The van der Waals surface area contributed by atoms with Crippen LogP contribution in [0.4, 0.5) is 0 Å². The molecule has 0 heteroatoms. The lowest BCUT2D eigenvalue weighted by Crippen LogP contribution is -2.13. The highest BCUT2D eigenvalue weighted by atomic mass is 14.2. The second-order valence-corrected chi connectivity index (χ2v) is 7.02. The standard InChI is InChI=1S/C19H36/c1-4-6-16-19(3,5-2)17-12-8-7-9-13-18-14-10-11-15-18/h8,12,18H,4-7,9-11,13-17H2,1-3H3/b12-8-. The molecule has 0 N–H and O–H groups in total. The first-order valence-corrected chi connectivity index (χ1v) is 8.85. The van der Waals surface area contributed by atoms with Gasteiger partial charge in [-0.25, -0.2) is 0 Å². The van der Waals surface area contributed by atoms with Crippen LogP contribution >= 0.6 is 0 Å². The summed E-state index contributed by atoms with van der Waals surface area (Å²) in [5.74, 6) is 1.07. The predicted molar refractivity (Wildman–Crippen MR) is 87.5 cm³/mol. The molecule has 0 aromatic heterocycles. The van der Waals surface area contributed by atoms with E-state index in [1.54, 1.807) is 0 Å². The molecule has 1 fully saturated rings. The fourth-order valence-electron chi connectivity index (χ4n) is 3.34. The fourth-order valence-corrected chi connectivity index (χ4v) is 3.34. The second-order valence-electron chi connectivity index (χ2n) is 7.02. The lowest BCUT2D eigenvalue weighted by Gasteiger charge is -2.26. The topological polar surface area (TPSA) is 0 Å². The first-order valence-electron chi connectivity index (χ1n) is 8.85. The van der Waals surface area contributed by atoms with E-state index in [4.69, 9.17) is 0 Å². The highest BCUT2D eigenvalue weighted by Gasteiger charge is 2.19. The number of unbranched alkanes of at least 4 members (excludes halogenated alkanes) is 2. The molecule has 0 aromatic carbocycles. The van der Waals surface area contributed by atoms with Gasteiger partial charge in [0.25, 0.3) is 0 Å². The number of hydrogen-bond acceptors (Lipinski definition) is 0. The monoisotopic (exact) mass is 264 g/mol. The van der Waals surface area contributed by atoms with Gasteiger partial charge in [0.05, 0.1) is 0 Å². The molecule has 0 spiro atoms. The van der Waals surface area contributed by atoms with Crippen molar-refractivity contribution in [2.75, 3.05) is 0 Å². The van der Waals surface area contributed by atoms with E-state index in [2.05, 4.69) is 32.9 Å². The van der Waals surface area contributed by atoms with Crippen molar-refractivity contribution in [3.63, 3.8) is 0 Å². The molecule has 1 unspecified atom stereocenters. The van der Waals surface area contributed by atoms with Crippen LogP contribution in [-0.4, -0.2) is 0 Å². The van der Waals surface area contributed by atoms with Crippen LogP contribution in [0.1, 0.15) is 97.8 Å². The summed E-state index contributed by atoms with van der Waals surface area (Å²) >= 11 is 0. The minimum Gasteiger partial charge on any atom is -0.0885 e. The minimum atomic E-state index is 0.554. The van der Waals surface area contributed by atoms with Crippen LogP contribution in [0.15, 0.2) is 12.2 Å². The van der Waals surface area contributed by atoms with E-state index in [1.165, 1.54) is 77.0 Å². The van der Waals surface area contributed by atoms with Crippen LogP contribution < -0.4 is 0 Å². The maximum Gasteiger partial charge on any atom is -0.0294 e. The van der Waals surface area contributed by atoms with Crippen molar-refractivity contribution in [3.8, 4) is 0 Å². The number of allylic oxidation sites excluding steroid dienone is 2. The normalized spacial score (nSPS) is 20.2. The van der Waals surface area contributed by atoms with Gasteiger partial charge in [-0.05, 0) is 37.0 Å². The molecular weight excluding hydrogens is 228 g/mol. The molecular formula is C19H36.